The van der Waals surface area contributed by atoms with E-state index in [1.807, 2.05) is 37.3 Å². The standard InChI is InChI=1S/C22H23NO6/c1-14-18(23-21(29-14)15-6-4-3-5-7-15)10-11-28-17-9-8-16(19(24)13-17)12-20(27-2)22(25)26/h3-9,13,20,24H,10-12H2,1-2H3,(H,25,26). The number of phenolic OH excluding ortho intramolecular Hbond substituents is 1. The van der Waals surface area contributed by atoms with Gasteiger partial charge in [-0.1, -0.05) is 24.3 Å². The van der Waals surface area contributed by atoms with E-state index in [-0.39, 0.29) is 12.2 Å². The van der Waals surface area contributed by atoms with Gasteiger partial charge in [0.25, 0.3) is 0 Å². The zero-order chi connectivity index (χ0) is 20.8. The molecule has 1 heterocycles. The average Bonchev–Trinajstić information content (AvgIpc) is 3.08. The third-order valence-electron chi connectivity index (χ3n) is 4.54. The maximum Gasteiger partial charge on any atom is 0.333 e. The van der Waals surface area contributed by atoms with Gasteiger partial charge in [-0.3, -0.25) is 0 Å². The summed E-state index contributed by atoms with van der Waals surface area (Å²) in [5.74, 6) is 0.691. The molecule has 3 aromatic rings. The molecule has 0 amide bonds. The minimum absolute atomic E-state index is 0.0326. The van der Waals surface area contributed by atoms with Crippen LogP contribution in [0.4, 0.5) is 0 Å². The first-order valence-corrected chi connectivity index (χ1v) is 9.20. The third kappa shape index (κ3) is 5.14. The molecule has 0 radical (unpaired) electrons. The van der Waals surface area contributed by atoms with Crippen LogP contribution in [0.2, 0.25) is 0 Å². The molecule has 3 rings (SSSR count). The molecule has 0 saturated carbocycles. The molecule has 0 aliphatic heterocycles. The number of aliphatic carboxylic acids is 1. The minimum atomic E-state index is -1.08. The van der Waals surface area contributed by atoms with Crippen molar-refractivity contribution < 1.29 is 28.9 Å². The lowest BCUT2D eigenvalue weighted by Crippen LogP contribution is -2.24. The zero-order valence-corrected chi connectivity index (χ0v) is 16.3. The van der Waals surface area contributed by atoms with Crippen LogP contribution >= 0.6 is 0 Å². The lowest BCUT2D eigenvalue weighted by Gasteiger charge is -2.13. The number of hydrogen-bond acceptors (Lipinski definition) is 6. The number of hydrogen-bond donors (Lipinski definition) is 2. The molecule has 1 atom stereocenters. The van der Waals surface area contributed by atoms with Gasteiger partial charge >= 0.3 is 5.97 Å². The highest BCUT2D eigenvalue weighted by molar-refractivity contribution is 5.73. The topological polar surface area (TPSA) is 102 Å². The number of aryl methyl sites for hydroxylation is 1. The van der Waals surface area contributed by atoms with E-state index in [1.54, 1.807) is 12.1 Å². The first-order chi connectivity index (χ1) is 14.0. The van der Waals surface area contributed by atoms with E-state index in [0.29, 0.717) is 30.2 Å². The van der Waals surface area contributed by atoms with Crippen LogP contribution in [0.25, 0.3) is 11.5 Å². The molecule has 1 unspecified atom stereocenters. The van der Waals surface area contributed by atoms with E-state index in [9.17, 15) is 9.90 Å². The predicted octanol–water partition coefficient (Wildman–Crippen LogP) is 3.62. The van der Waals surface area contributed by atoms with E-state index in [2.05, 4.69) is 4.98 Å². The summed E-state index contributed by atoms with van der Waals surface area (Å²) in [6.45, 7) is 2.22. The number of aromatic hydroxyl groups is 1. The van der Waals surface area contributed by atoms with Gasteiger partial charge in [-0.15, -0.1) is 0 Å². The molecule has 29 heavy (non-hydrogen) atoms. The highest BCUT2D eigenvalue weighted by Gasteiger charge is 2.19. The summed E-state index contributed by atoms with van der Waals surface area (Å²) in [6, 6.07) is 14.5. The number of benzene rings is 2. The quantitative estimate of drug-likeness (QED) is 0.568. The van der Waals surface area contributed by atoms with Crippen molar-refractivity contribution in [2.75, 3.05) is 13.7 Å². The van der Waals surface area contributed by atoms with Crippen LogP contribution in [-0.4, -0.2) is 41.0 Å². The number of carboxylic acids is 1. The summed E-state index contributed by atoms with van der Waals surface area (Å²) >= 11 is 0. The van der Waals surface area contributed by atoms with E-state index >= 15 is 0 Å². The summed E-state index contributed by atoms with van der Waals surface area (Å²) in [7, 11) is 1.32. The second kappa shape index (κ2) is 9.25. The molecule has 0 bridgehead atoms. The van der Waals surface area contributed by atoms with Crippen LogP contribution in [-0.2, 0) is 22.4 Å². The Kier molecular flexibility index (Phi) is 6.51. The molecule has 0 aliphatic rings. The molecule has 2 N–H and O–H groups in total. The highest BCUT2D eigenvalue weighted by Crippen LogP contribution is 2.26. The molecule has 0 saturated heterocycles. The minimum Gasteiger partial charge on any atom is -0.508 e. The van der Waals surface area contributed by atoms with Gasteiger partial charge in [0.15, 0.2) is 6.10 Å². The number of methoxy groups -OCH3 is 1. The van der Waals surface area contributed by atoms with Crippen LogP contribution in [0.1, 0.15) is 17.0 Å². The number of ether oxygens (including phenoxy) is 2. The summed E-state index contributed by atoms with van der Waals surface area (Å²) in [6.07, 6.45) is -0.394. The molecule has 2 aromatic carbocycles. The van der Waals surface area contributed by atoms with Crippen LogP contribution in [0.15, 0.2) is 52.9 Å². The fraction of sp³-hybridized carbons (Fsp3) is 0.273. The van der Waals surface area contributed by atoms with E-state index < -0.39 is 12.1 Å². The van der Waals surface area contributed by atoms with Crippen molar-refractivity contribution in [2.45, 2.75) is 25.9 Å². The average molecular weight is 397 g/mol. The summed E-state index contributed by atoms with van der Waals surface area (Å²) in [5.41, 5.74) is 2.21. The van der Waals surface area contributed by atoms with Crippen LogP contribution in [0.3, 0.4) is 0 Å². The Labute approximate surface area is 168 Å². The lowest BCUT2D eigenvalue weighted by atomic mass is 10.1. The molecular weight excluding hydrogens is 374 g/mol. The Morgan fingerprint density at radius 3 is 2.62 bits per heavy atom. The van der Waals surface area contributed by atoms with Gasteiger partial charge in [0, 0.05) is 31.6 Å². The molecule has 0 fully saturated rings. The number of rotatable bonds is 9. The van der Waals surface area contributed by atoms with Crippen LogP contribution < -0.4 is 4.74 Å². The third-order valence-corrected chi connectivity index (χ3v) is 4.54. The number of aromatic nitrogens is 1. The smallest absolute Gasteiger partial charge is 0.333 e. The van der Waals surface area contributed by atoms with Gasteiger partial charge in [-0.05, 0) is 30.7 Å². The van der Waals surface area contributed by atoms with Gasteiger partial charge in [-0.25, -0.2) is 9.78 Å². The fourth-order valence-corrected chi connectivity index (χ4v) is 2.91. The summed E-state index contributed by atoms with van der Waals surface area (Å²) in [4.78, 5) is 15.6. The number of nitrogens with zero attached hydrogens (tertiary/aromatic N) is 1. The summed E-state index contributed by atoms with van der Waals surface area (Å²) in [5, 5.41) is 19.2. The van der Waals surface area contributed by atoms with Crippen molar-refractivity contribution in [3.8, 4) is 23.0 Å². The molecular formula is C22H23NO6. The van der Waals surface area contributed by atoms with Gasteiger partial charge in [0.05, 0.1) is 12.3 Å². The Morgan fingerprint density at radius 2 is 1.97 bits per heavy atom. The highest BCUT2D eigenvalue weighted by atomic mass is 16.5. The van der Waals surface area contributed by atoms with Gasteiger partial charge in [-0.2, -0.15) is 0 Å². The molecule has 7 nitrogen and oxygen atoms in total. The van der Waals surface area contributed by atoms with Crippen molar-refractivity contribution in [2.24, 2.45) is 0 Å². The number of carbonyl (C=O) groups is 1. The number of carboxylic acid groups (broad SMARTS) is 1. The van der Waals surface area contributed by atoms with Crippen LogP contribution in [0, 0.1) is 6.92 Å². The molecule has 7 heteroatoms. The van der Waals surface area contributed by atoms with Crippen LogP contribution in [0.5, 0.6) is 11.5 Å². The number of oxazole rings is 1. The van der Waals surface area contributed by atoms with Gasteiger partial charge in [0.2, 0.25) is 5.89 Å². The fourth-order valence-electron chi connectivity index (χ4n) is 2.91. The van der Waals surface area contributed by atoms with Gasteiger partial charge in [0.1, 0.15) is 17.3 Å². The summed E-state index contributed by atoms with van der Waals surface area (Å²) < 4.78 is 16.3. The normalized spacial score (nSPS) is 11.9. The SMILES string of the molecule is COC(Cc1ccc(OCCc2nc(-c3ccccc3)oc2C)cc1O)C(=O)O. The first kappa shape index (κ1) is 20.4. The maximum atomic E-state index is 11.1. The molecule has 1 aromatic heterocycles. The number of phenols is 1. The Balaban J connectivity index is 1.59. The Hall–Kier alpha value is -3.32. The van der Waals surface area contributed by atoms with Crippen molar-refractivity contribution in [1.29, 1.82) is 0 Å². The van der Waals surface area contributed by atoms with Crippen molar-refractivity contribution in [3.63, 3.8) is 0 Å². The van der Waals surface area contributed by atoms with Gasteiger partial charge < -0.3 is 24.1 Å². The van der Waals surface area contributed by atoms with E-state index in [4.69, 9.17) is 19.0 Å². The second-order valence-electron chi connectivity index (χ2n) is 6.54. The Bertz CT molecular complexity index is 967. The lowest BCUT2D eigenvalue weighted by molar-refractivity contribution is -0.148. The largest absolute Gasteiger partial charge is 0.508 e. The van der Waals surface area contributed by atoms with Crippen molar-refractivity contribution >= 4 is 5.97 Å². The van der Waals surface area contributed by atoms with E-state index in [1.165, 1.54) is 13.2 Å². The van der Waals surface area contributed by atoms with Crippen molar-refractivity contribution in [1.82, 2.24) is 4.98 Å². The molecule has 152 valence electrons. The first-order valence-electron chi connectivity index (χ1n) is 9.20. The van der Waals surface area contributed by atoms with E-state index in [0.717, 1.165) is 17.0 Å². The zero-order valence-electron chi connectivity index (χ0n) is 16.3. The Morgan fingerprint density at radius 1 is 1.21 bits per heavy atom. The monoisotopic (exact) mass is 397 g/mol. The molecule has 0 aliphatic carbocycles. The van der Waals surface area contributed by atoms with Crippen molar-refractivity contribution in [3.05, 3.63) is 65.5 Å². The predicted molar refractivity (Wildman–Crippen MR) is 106 cm³/mol. The second-order valence-corrected chi connectivity index (χ2v) is 6.54. The molecule has 0 spiro atoms. The maximum absolute atomic E-state index is 11.1.